The molecule has 3 rings (SSSR count). The smallest absolute Gasteiger partial charge is 0.275 e. The quantitative estimate of drug-likeness (QED) is 0.637. The Kier molecular flexibility index (Phi) is 5.76. The van der Waals surface area contributed by atoms with Crippen LogP contribution in [-0.2, 0) is 15.6 Å². The molecule has 0 atom stereocenters. The Morgan fingerprint density at radius 3 is 2.43 bits per heavy atom. The standard InChI is InChI=1S/C20H18ClN3O3S/c1-13-7-9-16(10-8-13)23-19(25)18-17(21)11-22-20(24-18)28(26,27)12-15-6-4-3-5-14(15)2/h3-11H,12H2,1-2H3,(H,23,25). The van der Waals surface area contributed by atoms with Crippen LogP contribution in [0.2, 0.25) is 5.02 Å². The molecule has 0 aliphatic heterocycles. The highest BCUT2D eigenvalue weighted by atomic mass is 35.5. The van der Waals surface area contributed by atoms with Crippen molar-refractivity contribution >= 4 is 33.0 Å². The number of nitrogens with one attached hydrogen (secondary N) is 1. The lowest BCUT2D eigenvalue weighted by Crippen LogP contribution is -2.18. The van der Waals surface area contributed by atoms with Gasteiger partial charge >= 0.3 is 0 Å². The molecule has 144 valence electrons. The molecule has 0 radical (unpaired) electrons. The molecule has 0 unspecified atom stereocenters. The Morgan fingerprint density at radius 1 is 1.07 bits per heavy atom. The molecule has 0 aliphatic carbocycles. The van der Waals surface area contributed by atoms with Crippen LogP contribution in [0.5, 0.6) is 0 Å². The summed E-state index contributed by atoms with van der Waals surface area (Å²) in [5, 5.41) is 2.19. The lowest BCUT2D eigenvalue weighted by Gasteiger charge is -2.09. The van der Waals surface area contributed by atoms with Crippen molar-refractivity contribution in [2.24, 2.45) is 0 Å². The molecule has 6 nitrogen and oxygen atoms in total. The molecule has 28 heavy (non-hydrogen) atoms. The van der Waals surface area contributed by atoms with E-state index in [9.17, 15) is 13.2 Å². The van der Waals surface area contributed by atoms with Crippen LogP contribution >= 0.6 is 11.6 Å². The molecule has 1 amide bonds. The van der Waals surface area contributed by atoms with Crippen LogP contribution in [0, 0.1) is 13.8 Å². The Labute approximate surface area is 168 Å². The van der Waals surface area contributed by atoms with Crippen LogP contribution < -0.4 is 5.32 Å². The van der Waals surface area contributed by atoms with Crippen LogP contribution in [0.25, 0.3) is 0 Å². The first kappa shape index (κ1) is 20.0. The van der Waals surface area contributed by atoms with Crippen LogP contribution in [0.1, 0.15) is 27.2 Å². The molecule has 0 saturated heterocycles. The second-order valence-corrected chi connectivity index (χ2v) is 8.65. The van der Waals surface area contributed by atoms with Gasteiger partial charge in [0, 0.05) is 5.69 Å². The van der Waals surface area contributed by atoms with Gasteiger partial charge in [-0.3, -0.25) is 4.79 Å². The number of carbonyl (C=O) groups excluding carboxylic acids is 1. The van der Waals surface area contributed by atoms with Crippen molar-refractivity contribution in [1.29, 1.82) is 0 Å². The Balaban J connectivity index is 1.89. The summed E-state index contributed by atoms with van der Waals surface area (Å²) in [5.41, 5.74) is 2.89. The summed E-state index contributed by atoms with van der Waals surface area (Å²) in [5.74, 6) is -0.871. The Morgan fingerprint density at radius 2 is 1.75 bits per heavy atom. The van der Waals surface area contributed by atoms with Gasteiger partial charge < -0.3 is 5.32 Å². The predicted molar refractivity (Wildman–Crippen MR) is 108 cm³/mol. The largest absolute Gasteiger partial charge is 0.321 e. The van der Waals surface area contributed by atoms with E-state index in [-0.39, 0.29) is 16.5 Å². The fourth-order valence-corrected chi connectivity index (χ4v) is 4.01. The van der Waals surface area contributed by atoms with Gasteiger partial charge in [-0.05, 0) is 37.1 Å². The normalized spacial score (nSPS) is 11.2. The van der Waals surface area contributed by atoms with Crippen LogP contribution in [0.15, 0.2) is 59.9 Å². The molecule has 0 bridgehead atoms. The van der Waals surface area contributed by atoms with Crippen molar-refractivity contribution in [1.82, 2.24) is 9.97 Å². The van der Waals surface area contributed by atoms with Gasteiger partial charge in [-0.25, -0.2) is 18.4 Å². The van der Waals surface area contributed by atoms with E-state index in [1.807, 2.05) is 38.1 Å². The summed E-state index contributed by atoms with van der Waals surface area (Å²) in [6.45, 7) is 3.76. The molecule has 3 aromatic rings. The highest BCUT2D eigenvalue weighted by Crippen LogP contribution is 2.20. The van der Waals surface area contributed by atoms with Gasteiger partial charge in [0.05, 0.1) is 17.0 Å². The lowest BCUT2D eigenvalue weighted by molar-refractivity contribution is 0.102. The first-order valence-corrected chi connectivity index (χ1v) is 10.5. The van der Waals surface area contributed by atoms with Crippen molar-refractivity contribution in [3.8, 4) is 0 Å². The summed E-state index contributed by atoms with van der Waals surface area (Å²) < 4.78 is 25.5. The topological polar surface area (TPSA) is 89.0 Å². The van der Waals surface area contributed by atoms with Gasteiger partial charge in [0.25, 0.3) is 5.91 Å². The summed E-state index contributed by atoms with van der Waals surface area (Å²) in [7, 11) is -3.85. The van der Waals surface area contributed by atoms with E-state index in [0.717, 1.165) is 17.3 Å². The fourth-order valence-electron chi connectivity index (χ4n) is 2.53. The minimum absolute atomic E-state index is 0.0283. The Hall–Kier alpha value is -2.77. The lowest BCUT2D eigenvalue weighted by atomic mass is 10.1. The number of halogens is 1. The number of carbonyl (C=O) groups is 1. The second-order valence-electron chi connectivity index (χ2n) is 6.35. The van der Waals surface area contributed by atoms with Crippen molar-refractivity contribution < 1.29 is 13.2 Å². The van der Waals surface area contributed by atoms with Crippen molar-refractivity contribution in [3.05, 3.63) is 82.1 Å². The van der Waals surface area contributed by atoms with Gasteiger partial charge in [-0.1, -0.05) is 53.6 Å². The zero-order valence-electron chi connectivity index (χ0n) is 15.3. The molecular weight excluding hydrogens is 398 g/mol. The van der Waals surface area contributed by atoms with Crippen LogP contribution in [0.4, 0.5) is 5.69 Å². The third-order valence-electron chi connectivity index (χ3n) is 4.13. The SMILES string of the molecule is Cc1ccc(NC(=O)c2nc(S(=O)(=O)Cc3ccccc3C)ncc2Cl)cc1. The summed E-state index contributed by atoms with van der Waals surface area (Å²) >= 11 is 6.04. The number of aromatic nitrogens is 2. The molecule has 0 aliphatic rings. The third-order valence-corrected chi connectivity index (χ3v) is 5.85. The number of nitrogens with zero attached hydrogens (tertiary/aromatic N) is 2. The van der Waals surface area contributed by atoms with Crippen LogP contribution in [0.3, 0.4) is 0 Å². The summed E-state index contributed by atoms with van der Waals surface area (Å²) in [6, 6.07) is 14.3. The number of aryl methyl sites for hydroxylation is 2. The zero-order chi connectivity index (χ0) is 20.3. The Bertz CT molecular complexity index is 1130. The molecule has 0 saturated carbocycles. The summed E-state index contributed by atoms with van der Waals surface area (Å²) in [6.07, 6.45) is 1.13. The predicted octanol–water partition coefficient (Wildman–Crippen LogP) is 3.97. The maximum Gasteiger partial charge on any atom is 0.275 e. The van der Waals surface area contributed by atoms with Gasteiger partial charge in [-0.15, -0.1) is 0 Å². The number of hydrogen-bond donors (Lipinski definition) is 1. The molecular formula is C20H18ClN3O3S. The maximum atomic E-state index is 12.7. The molecule has 0 spiro atoms. The van der Waals surface area contributed by atoms with E-state index in [4.69, 9.17) is 11.6 Å². The number of rotatable bonds is 5. The van der Waals surface area contributed by atoms with E-state index in [0.29, 0.717) is 11.3 Å². The third kappa shape index (κ3) is 4.55. The van der Waals surface area contributed by atoms with Crippen molar-refractivity contribution in [3.63, 3.8) is 0 Å². The van der Waals surface area contributed by atoms with E-state index in [2.05, 4.69) is 15.3 Å². The average Bonchev–Trinajstić information content (AvgIpc) is 2.65. The van der Waals surface area contributed by atoms with E-state index in [1.165, 1.54) is 0 Å². The van der Waals surface area contributed by atoms with E-state index in [1.54, 1.807) is 24.3 Å². The minimum Gasteiger partial charge on any atom is -0.321 e. The van der Waals surface area contributed by atoms with Gasteiger partial charge in [0.15, 0.2) is 5.69 Å². The van der Waals surface area contributed by atoms with Gasteiger partial charge in [-0.2, -0.15) is 0 Å². The van der Waals surface area contributed by atoms with E-state index < -0.39 is 20.9 Å². The molecule has 1 N–H and O–H groups in total. The highest BCUT2D eigenvalue weighted by Gasteiger charge is 2.23. The van der Waals surface area contributed by atoms with Crippen molar-refractivity contribution in [2.45, 2.75) is 24.8 Å². The molecule has 1 aromatic heterocycles. The number of sulfone groups is 1. The molecule has 1 heterocycles. The zero-order valence-corrected chi connectivity index (χ0v) is 16.9. The molecule has 2 aromatic carbocycles. The highest BCUT2D eigenvalue weighted by molar-refractivity contribution is 7.90. The molecule has 8 heteroatoms. The number of benzene rings is 2. The number of anilines is 1. The van der Waals surface area contributed by atoms with Crippen molar-refractivity contribution in [2.75, 3.05) is 5.32 Å². The maximum absolute atomic E-state index is 12.7. The van der Waals surface area contributed by atoms with Gasteiger partial charge in [0.2, 0.25) is 15.0 Å². The number of amides is 1. The number of hydrogen-bond acceptors (Lipinski definition) is 5. The first-order valence-electron chi connectivity index (χ1n) is 8.44. The fraction of sp³-hybridized carbons (Fsp3) is 0.150. The van der Waals surface area contributed by atoms with E-state index >= 15 is 0 Å². The second kappa shape index (κ2) is 8.08. The van der Waals surface area contributed by atoms with Crippen LogP contribution in [-0.4, -0.2) is 24.3 Å². The monoisotopic (exact) mass is 415 g/mol. The first-order chi connectivity index (χ1) is 13.3. The van der Waals surface area contributed by atoms with Gasteiger partial charge in [0.1, 0.15) is 0 Å². The summed E-state index contributed by atoms with van der Waals surface area (Å²) in [4.78, 5) is 20.3. The average molecular weight is 416 g/mol. The molecule has 0 fully saturated rings. The minimum atomic E-state index is -3.85.